The van der Waals surface area contributed by atoms with Gasteiger partial charge in [0.15, 0.2) is 0 Å². The second-order valence-electron chi connectivity index (χ2n) is 5.68. The Bertz CT molecular complexity index is 637. The maximum Gasteiger partial charge on any atom is 0.250 e. The topological polar surface area (TPSA) is 38.3 Å². The van der Waals surface area contributed by atoms with E-state index < -0.39 is 0 Å². The van der Waals surface area contributed by atoms with Crippen LogP contribution in [0.1, 0.15) is 29.5 Å². The summed E-state index contributed by atoms with van der Waals surface area (Å²) in [4.78, 5) is 12.1. The van der Waals surface area contributed by atoms with Gasteiger partial charge in [-0.3, -0.25) is 4.79 Å². The van der Waals surface area contributed by atoms with E-state index in [9.17, 15) is 4.79 Å². The fourth-order valence-corrected chi connectivity index (χ4v) is 2.92. The van der Waals surface area contributed by atoms with Gasteiger partial charge in [-0.2, -0.15) is 0 Å². The van der Waals surface area contributed by atoms with Gasteiger partial charge < -0.3 is 10.1 Å². The van der Waals surface area contributed by atoms with Crippen LogP contribution in [0.25, 0.3) is 0 Å². The third kappa shape index (κ3) is 3.74. The van der Waals surface area contributed by atoms with Crippen LogP contribution < -0.4 is 5.32 Å². The van der Waals surface area contributed by atoms with Crippen LogP contribution in [-0.4, -0.2) is 12.5 Å². The number of aryl methyl sites for hydroxylation is 1. The van der Waals surface area contributed by atoms with E-state index in [0.29, 0.717) is 6.61 Å². The molecule has 114 valence electrons. The minimum absolute atomic E-state index is 0.0819. The van der Waals surface area contributed by atoms with Gasteiger partial charge in [0.05, 0.1) is 6.61 Å². The number of benzene rings is 2. The van der Waals surface area contributed by atoms with Crippen LogP contribution in [-0.2, 0) is 29.0 Å². The fraction of sp³-hybridized carbons (Fsp3) is 0.316. The molecule has 1 aliphatic rings. The summed E-state index contributed by atoms with van der Waals surface area (Å²) in [6, 6.07) is 16.1. The zero-order chi connectivity index (χ0) is 15.2. The van der Waals surface area contributed by atoms with Crippen molar-refractivity contribution in [1.29, 1.82) is 0 Å². The molecule has 0 bridgehead atoms. The molecule has 3 heteroatoms. The molecule has 0 spiro atoms. The quantitative estimate of drug-likeness (QED) is 0.913. The SMILES string of the molecule is O=C(COCc1ccccc1)Nc1cccc2c1CCCC2. The summed E-state index contributed by atoms with van der Waals surface area (Å²) in [7, 11) is 0. The Labute approximate surface area is 131 Å². The van der Waals surface area contributed by atoms with Gasteiger partial charge >= 0.3 is 0 Å². The van der Waals surface area contributed by atoms with Crippen LogP contribution in [0.4, 0.5) is 5.69 Å². The number of fused-ring (bicyclic) bond motifs is 1. The number of rotatable bonds is 5. The van der Waals surface area contributed by atoms with E-state index in [-0.39, 0.29) is 12.5 Å². The molecule has 0 unspecified atom stereocenters. The smallest absolute Gasteiger partial charge is 0.250 e. The maximum atomic E-state index is 12.1. The van der Waals surface area contributed by atoms with E-state index in [1.54, 1.807) is 0 Å². The highest BCUT2D eigenvalue weighted by atomic mass is 16.5. The van der Waals surface area contributed by atoms with Gasteiger partial charge in [0.1, 0.15) is 6.61 Å². The molecule has 0 aromatic heterocycles. The number of hydrogen-bond acceptors (Lipinski definition) is 2. The molecule has 2 aromatic rings. The van der Waals surface area contributed by atoms with Crippen molar-refractivity contribution in [1.82, 2.24) is 0 Å². The Morgan fingerprint density at radius 1 is 1.00 bits per heavy atom. The lowest BCUT2D eigenvalue weighted by atomic mass is 9.90. The number of ether oxygens (including phenoxy) is 1. The van der Waals surface area contributed by atoms with Crippen LogP contribution in [0.15, 0.2) is 48.5 Å². The van der Waals surface area contributed by atoms with Gasteiger partial charge in [0.2, 0.25) is 5.91 Å². The first-order valence-corrected chi connectivity index (χ1v) is 7.85. The molecule has 0 saturated heterocycles. The summed E-state index contributed by atoms with van der Waals surface area (Å²) in [6.45, 7) is 0.541. The number of anilines is 1. The second kappa shape index (κ2) is 7.23. The van der Waals surface area contributed by atoms with Crippen LogP contribution in [0.3, 0.4) is 0 Å². The zero-order valence-corrected chi connectivity index (χ0v) is 12.7. The first kappa shape index (κ1) is 14.8. The summed E-state index contributed by atoms with van der Waals surface area (Å²) < 4.78 is 5.49. The zero-order valence-electron chi connectivity index (χ0n) is 12.7. The highest BCUT2D eigenvalue weighted by Crippen LogP contribution is 2.27. The normalized spacial score (nSPS) is 13.5. The van der Waals surface area contributed by atoms with Gasteiger partial charge in [-0.1, -0.05) is 42.5 Å². The molecule has 22 heavy (non-hydrogen) atoms. The average Bonchev–Trinajstić information content (AvgIpc) is 2.56. The summed E-state index contributed by atoms with van der Waals surface area (Å²) in [5.74, 6) is -0.0881. The number of nitrogens with one attached hydrogen (secondary N) is 1. The summed E-state index contributed by atoms with van der Waals surface area (Å²) in [5, 5.41) is 2.99. The highest BCUT2D eigenvalue weighted by Gasteiger charge is 2.14. The van der Waals surface area contributed by atoms with E-state index in [2.05, 4.69) is 11.4 Å². The molecular formula is C19H21NO2. The Hall–Kier alpha value is -2.13. The Morgan fingerprint density at radius 3 is 2.68 bits per heavy atom. The van der Waals surface area contributed by atoms with Crippen molar-refractivity contribution in [3.63, 3.8) is 0 Å². The van der Waals surface area contributed by atoms with E-state index in [0.717, 1.165) is 24.1 Å². The molecular weight excluding hydrogens is 274 g/mol. The molecule has 3 nitrogen and oxygen atoms in total. The van der Waals surface area contributed by atoms with Gasteiger partial charge in [-0.05, 0) is 48.4 Å². The molecule has 1 N–H and O–H groups in total. The standard InChI is InChI=1S/C19H21NO2/c21-19(14-22-13-15-7-2-1-3-8-15)20-18-12-6-10-16-9-4-5-11-17(16)18/h1-3,6-8,10,12H,4-5,9,11,13-14H2,(H,20,21). The van der Waals surface area contributed by atoms with Crippen LogP contribution in [0, 0.1) is 0 Å². The van der Waals surface area contributed by atoms with Gasteiger partial charge in [0, 0.05) is 5.69 Å². The van der Waals surface area contributed by atoms with Crippen LogP contribution >= 0.6 is 0 Å². The fourth-order valence-electron chi connectivity index (χ4n) is 2.92. The number of hydrogen-bond donors (Lipinski definition) is 1. The minimum atomic E-state index is -0.0881. The van der Waals surface area contributed by atoms with Crippen molar-refractivity contribution in [2.45, 2.75) is 32.3 Å². The first-order valence-electron chi connectivity index (χ1n) is 7.85. The number of amides is 1. The molecule has 0 saturated carbocycles. The Morgan fingerprint density at radius 2 is 1.82 bits per heavy atom. The molecule has 0 aliphatic heterocycles. The van der Waals surface area contributed by atoms with Gasteiger partial charge in [-0.15, -0.1) is 0 Å². The average molecular weight is 295 g/mol. The summed E-state index contributed by atoms with van der Waals surface area (Å²) in [6.07, 6.45) is 4.61. The minimum Gasteiger partial charge on any atom is -0.367 e. The van der Waals surface area contributed by atoms with E-state index in [1.165, 1.54) is 24.0 Å². The lowest BCUT2D eigenvalue weighted by Crippen LogP contribution is -2.20. The number of carbonyl (C=O) groups excluding carboxylic acids is 1. The Balaban J connectivity index is 1.54. The lowest BCUT2D eigenvalue weighted by Gasteiger charge is -2.19. The van der Waals surface area contributed by atoms with Crippen molar-refractivity contribution >= 4 is 11.6 Å². The third-order valence-corrected chi connectivity index (χ3v) is 4.01. The molecule has 0 heterocycles. The van der Waals surface area contributed by atoms with E-state index >= 15 is 0 Å². The Kier molecular flexibility index (Phi) is 4.86. The van der Waals surface area contributed by atoms with Gasteiger partial charge in [0.25, 0.3) is 0 Å². The summed E-state index contributed by atoms with van der Waals surface area (Å²) in [5.41, 5.74) is 4.69. The van der Waals surface area contributed by atoms with Crippen LogP contribution in [0.2, 0.25) is 0 Å². The largest absolute Gasteiger partial charge is 0.367 e. The molecule has 1 aliphatic carbocycles. The maximum absolute atomic E-state index is 12.1. The summed E-state index contributed by atoms with van der Waals surface area (Å²) >= 11 is 0. The highest BCUT2D eigenvalue weighted by molar-refractivity contribution is 5.92. The van der Waals surface area contributed by atoms with Crippen molar-refractivity contribution in [2.75, 3.05) is 11.9 Å². The molecule has 2 aromatic carbocycles. The second-order valence-corrected chi connectivity index (χ2v) is 5.68. The molecule has 3 rings (SSSR count). The molecule has 1 amide bonds. The third-order valence-electron chi connectivity index (χ3n) is 4.01. The van der Waals surface area contributed by atoms with E-state index in [1.807, 2.05) is 42.5 Å². The van der Waals surface area contributed by atoms with Crippen molar-refractivity contribution < 1.29 is 9.53 Å². The first-order chi connectivity index (χ1) is 10.8. The molecule has 0 atom stereocenters. The monoisotopic (exact) mass is 295 g/mol. The van der Waals surface area contributed by atoms with Crippen molar-refractivity contribution in [2.24, 2.45) is 0 Å². The number of carbonyl (C=O) groups is 1. The molecule has 0 fully saturated rings. The van der Waals surface area contributed by atoms with Crippen LogP contribution in [0.5, 0.6) is 0 Å². The van der Waals surface area contributed by atoms with Crippen molar-refractivity contribution in [3.8, 4) is 0 Å². The predicted octanol–water partition coefficient (Wildman–Crippen LogP) is 3.72. The molecule has 0 radical (unpaired) electrons. The predicted molar refractivity (Wildman–Crippen MR) is 87.8 cm³/mol. The van der Waals surface area contributed by atoms with Gasteiger partial charge in [-0.25, -0.2) is 0 Å². The van der Waals surface area contributed by atoms with E-state index in [4.69, 9.17) is 4.74 Å². The lowest BCUT2D eigenvalue weighted by molar-refractivity contribution is -0.121. The van der Waals surface area contributed by atoms with Crippen molar-refractivity contribution in [3.05, 3.63) is 65.2 Å².